The van der Waals surface area contributed by atoms with Crippen LogP contribution in [0.1, 0.15) is 5.48 Å². The molecule has 0 radical (unpaired) electrons. The van der Waals surface area contributed by atoms with Gasteiger partial charge in [-0.05, 0) is 74.3 Å². The lowest BCUT2D eigenvalue weighted by Gasteiger charge is -2.35. The number of rotatable bonds is 7. The Morgan fingerprint density at radius 2 is 0.938 bits per heavy atom. The van der Waals surface area contributed by atoms with Crippen molar-refractivity contribution in [2.45, 2.75) is 0 Å². The van der Waals surface area contributed by atoms with Gasteiger partial charge in [-0.25, -0.2) is 0 Å². The van der Waals surface area contributed by atoms with Crippen LogP contribution in [-0.2, 0) is 0 Å². The van der Waals surface area contributed by atoms with Gasteiger partial charge in [0, 0.05) is 42.7 Å². The molecule has 2 nitrogen and oxygen atoms in total. The quantitative estimate of drug-likeness (QED) is 0.112. The van der Waals surface area contributed by atoms with Gasteiger partial charge >= 0.3 is 0 Å². The van der Waals surface area contributed by atoms with Crippen LogP contribution in [0.25, 0.3) is 86.3 Å². The van der Waals surface area contributed by atoms with E-state index in [1.54, 1.807) is 11.3 Å². The van der Waals surface area contributed by atoms with Gasteiger partial charge in [0.05, 0.1) is 37.9 Å². The summed E-state index contributed by atoms with van der Waals surface area (Å²) in [7, 11) is -3.00. The van der Waals surface area contributed by atoms with Gasteiger partial charge in [0.1, 0.15) is 0 Å². The minimum Gasteiger partial charge on any atom is -0.309 e. The molecular weight excluding hydrogens is 809 g/mol. The Bertz CT molecular complexity index is 4030. The van der Waals surface area contributed by atoms with E-state index in [0.29, 0.717) is 10.9 Å². The number of benzene rings is 10. The van der Waals surface area contributed by atoms with E-state index in [2.05, 4.69) is 228 Å². The van der Waals surface area contributed by atoms with Crippen LogP contribution in [0.5, 0.6) is 0 Å². The van der Waals surface area contributed by atoms with Crippen molar-refractivity contribution in [2.24, 2.45) is 0 Å². The van der Waals surface area contributed by atoms with Gasteiger partial charge in [0.15, 0.2) is 8.07 Å². The van der Waals surface area contributed by atoms with E-state index in [1.165, 1.54) is 26.3 Å². The highest BCUT2D eigenvalue weighted by atomic mass is 32.1. The first-order valence-corrected chi connectivity index (χ1v) is 24.5. The molecule has 0 spiro atoms. The highest BCUT2D eigenvalue weighted by Crippen LogP contribution is 2.47. The van der Waals surface area contributed by atoms with Crippen molar-refractivity contribution in [2.75, 3.05) is 0 Å². The zero-order valence-electron chi connectivity index (χ0n) is 38.6. The van der Waals surface area contributed by atoms with Crippen LogP contribution >= 0.6 is 11.3 Å². The molecule has 0 saturated heterocycles. The molecule has 0 aliphatic carbocycles. The van der Waals surface area contributed by atoms with Crippen LogP contribution in [0.15, 0.2) is 243 Å². The second-order valence-electron chi connectivity index (χ2n) is 16.5. The maximum absolute atomic E-state index is 9.65. The van der Waals surface area contributed by atoms with Crippen LogP contribution in [-0.4, -0.2) is 17.2 Å². The molecule has 300 valence electrons. The standard InChI is InChI=1S/C60H40N2SSi/c1-4-19-41(20-5-1)42-21-18-26-47(39-42)64(44-22-6-2-7-23-44,45-24-8-3-9-25-45)46-37-35-43(36-38-46)61-53-31-14-12-29-50(53)52-40-56(60-58(59(52)61)51-30-13-17-34-57(51)63-60)62-54-32-15-10-27-48(54)49-28-11-16-33-55(49)62/h1-40H/i12D,14D,29D,31D. The highest BCUT2D eigenvalue weighted by Gasteiger charge is 2.41. The number of nitrogens with zero attached hydrogens (tertiary/aromatic N) is 2. The monoisotopic (exact) mass is 852 g/mol. The first-order valence-electron chi connectivity index (χ1n) is 23.7. The van der Waals surface area contributed by atoms with E-state index >= 15 is 0 Å². The zero-order chi connectivity index (χ0) is 45.7. The smallest absolute Gasteiger partial charge is 0.179 e. The lowest BCUT2D eigenvalue weighted by Crippen LogP contribution is -2.74. The lowest BCUT2D eigenvalue weighted by atomic mass is 10.1. The van der Waals surface area contributed by atoms with Gasteiger partial charge in [-0.2, -0.15) is 0 Å². The molecule has 3 aromatic heterocycles. The van der Waals surface area contributed by atoms with E-state index in [-0.39, 0.29) is 24.2 Å². The average Bonchev–Trinajstić information content (AvgIpc) is 4.07. The Hall–Kier alpha value is -7.76. The number of hydrogen-bond donors (Lipinski definition) is 0. The minimum atomic E-state index is -3.00. The molecule has 0 bridgehead atoms. The Morgan fingerprint density at radius 1 is 0.391 bits per heavy atom. The second kappa shape index (κ2) is 14.7. The van der Waals surface area contributed by atoms with E-state index < -0.39 is 8.07 Å². The van der Waals surface area contributed by atoms with Gasteiger partial charge in [0.25, 0.3) is 0 Å². The fraction of sp³-hybridized carbons (Fsp3) is 0. The second-order valence-corrected chi connectivity index (χ2v) is 21.4. The van der Waals surface area contributed by atoms with Crippen LogP contribution in [0.3, 0.4) is 0 Å². The Labute approximate surface area is 381 Å². The normalized spacial score (nSPS) is 12.9. The number of thiophene rings is 1. The zero-order valence-corrected chi connectivity index (χ0v) is 36.4. The predicted molar refractivity (Wildman–Crippen MR) is 277 cm³/mol. The summed E-state index contributed by atoms with van der Waals surface area (Å²) in [5.41, 5.74) is 7.60. The molecule has 0 aliphatic heterocycles. The third-order valence-corrected chi connectivity index (χ3v) is 19.1. The summed E-state index contributed by atoms with van der Waals surface area (Å²) in [6, 6.07) is 77.5. The Morgan fingerprint density at radius 3 is 1.62 bits per heavy atom. The highest BCUT2D eigenvalue weighted by molar-refractivity contribution is 7.26. The van der Waals surface area contributed by atoms with E-state index in [4.69, 9.17) is 2.74 Å². The van der Waals surface area contributed by atoms with Gasteiger partial charge in [-0.1, -0.05) is 200 Å². The van der Waals surface area contributed by atoms with E-state index in [9.17, 15) is 2.74 Å². The van der Waals surface area contributed by atoms with Crippen molar-refractivity contribution in [1.29, 1.82) is 0 Å². The molecule has 3 heterocycles. The molecule has 13 aromatic rings. The van der Waals surface area contributed by atoms with Gasteiger partial charge in [-0.3, -0.25) is 0 Å². The molecule has 0 unspecified atom stereocenters. The molecule has 0 N–H and O–H groups in total. The first-order chi connectivity index (χ1) is 33.4. The molecular formula is C60H40N2SSi. The van der Waals surface area contributed by atoms with Crippen LogP contribution < -0.4 is 20.7 Å². The molecule has 13 rings (SSSR count). The summed E-state index contributed by atoms with van der Waals surface area (Å²) < 4.78 is 44.0. The first kappa shape index (κ1) is 32.9. The molecule has 0 fully saturated rings. The van der Waals surface area contributed by atoms with Crippen molar-refractivity contribution < 1.29 is 5.48 Å². The van der Waals surface area contributed by atoms with E-state index in [1.807, 2.05) is 0 Å². The van der Waals surface area contributed by atoms with Gasteiger partial charge < -0.3 is 9.13 Å². The number of fused-ring (bicyclic) bond motifs is 10. The summed E-state index contributed by atoms with van der Waals surface area (Å²) in [6.45, 7) is 0. The number of aromatic nitrogens is 2. The fourth-order valence-electron chi connectivity index (χ4n) is 10.5. The summed E-state index contributed by atoms with van der Waals surface area (Å²) in [5, 5.41) is 10.7. The fourth-order valence-corrected chi connectivity index (χ4v) is 16.5. The predicted octanol–water partition coefficient (Wildman–Crippen LogP) is 13.3. The maximum atomic E-state index is 9.65. The SMILES string of the molecule is [2H]c1c([2H])c([2H])c2c(c1[2H])c1cc(-n3c4ccccc4c4ccccc43)c3sc4ccccc4c3c1n2-c1ccc([Si](c2ccccc2)(c2ccccc2)c2cccc(-c3ccccc3)c2)cc1. The Kier molecular flexibility index (Phi) is 7.54. The third-order valence-electron chi connectivity index (χ3n) is 13.2. The minimum absolute atomic E-state index is 0.0497. The van der Waals surface area contributed by atoms with Crippen LogP contribution in [0.2, 0.25) is 0 Å². The molecule has 0 aliphatic rings. The molecule has 64 heavy (non-hydrogen) atoms. The maximum Gasteiger partial charge on any atom is 0.179 e. The van der Waals surface area contributed by atoms with Crippen molar-refractivity contribution in [3.8, 4) is 22.5 Å². The third kappa shape index (κ3) is 5.43. The molecule has 10 aromatic carbocycles. The summed E-state index contributed by atoms with van der Waals surface area (Å²) in [6.07, 6.45) is 0. The molecule has 0 amide bonds. The summed E-state index contributed by atoms with van der Waals surface area (Å²) >= 11 is 1.75. The summed E-state index contributed by atoms with van der Waals surface area (Å²) in [4.78, 5) is 0. The molecule has 4 heteroatoms. The van der Waals surface area contributed by atoms with Gasteiger partial charge in [-0.15, -0.1) is 11.3 Å². The van der Waals surface area contributed by atoms with Crippen molar-refractivity contribution in [1.82, 2.24) is 9.13 Å². The summed E-state index contributed by atoms with van der Waals surface area (Å²) in [5.74, 6) is 0. The number of para-hydroxylation sites is 3. The van der Waals surface area contributed by atoms with Crippen molar-refractivity contribution >= 4 is 104 Å². The largest absolute Gasteiger partial charge is 0.309 e. The van der Waals surface area contributed by atoms with Crippen LogP contribution in [0.4, 0.5) is 0 Å². The van der Waals surface area contributed by atoms with E-state index in [0.717, 1.165) is 69.8 Å². The van der Waals surface area contributed by atoms with Crippen LogP contribution in [0, 0.1) is 0 Å². The lowest BCUT2D eigenvalue weighted by molar-refractivity contribution is 1.18. The topological polar surface area (TPSA) is 9.86 Å². The molecule has 0 saturated carbocycles. The van der Waals surface area contributed by atoms with Crippen molar-refractivity contribution in [3.05, 3.63) is 243 Å². The molecule has 0 atom stereocenters. The average molecular weight is 853 g/mol. The number of hydrogen-bond acceptors (Lipinski definition) is 1. The van der Waals surface area contributed by atoms with Gasteiger partial charge in [0.2, 0.25) is 0 Å². The van der Waals surface area contributed by atoms with Crippen molar-refractivity contribution in [3.63, 3.8) is 0 Å². The Balaban J connectivity index is 1.14.